The highest BCUT2D eigenvalue weighted by Crippen LogP contribution is 2.38. The fourth-order valence-electron chi connectivity index (χ4n) is 8.58. The zero-order valence-electron chi connectivity index (χ0n) is 37.5. The van der Waals surface area contributed by atoms with Crippen LogP contribution < -0.4 is 5.32 Å². The van der Waals surface area contributed by atoms with Crippen LogP contribution in [0.5, 0.6) is 0 Å². The number of unbranched alkanes of at least 4 members (excludes halogenated alkanes) is 24. The second-order valence-electron chi connectivity index (χ2n) is 19.4. The van der Waals surface area contributed by atoms with Gasteiger partial charge in [-0.1, -0.05) is 208 Å². The summed E-state index contributed by atoms with van der Waals surface area (Å²) in [4.78, 5) is 13.4. The first-order valence-corrected chi connectivity index (χ1v) is 23.4. The molecule has 0 aliphatic rings. The molecule has 4 nitrogen and oxygen atoms in total. The molecule has 1 amide bonds. The highest BCUT2D eigenvalue weighted by molar-refractivity contribution is 5.68. The summed E-state index contributed by atoms with van der Waals surface area (Å²) in [6, 6.07) is 0.213. The molecular formula is C48H97NO3. The predicted molar refractivity (Wildman–Crippen MR) is 231 cm³/mol. The van der Waals surface area contributed by atoms with Gasteiger partial charge >= 0.3 is 6.09 Å². The summed E-state index contributed by atoms with van der Waals surface area (Å²) in [5.41, 5.74) is -0.769. The van der Waals surface area contributed by atoms with Crippen LogP contribution in [-0.2, 0) is 9.47 Å². The van der Waals surface area contributed by atoms with Crippen LogP contribution in [0.4, 0.5) is 4.79 Å². The number of carbonyl (C=O) groups excluding carboxylic acids is 1. The van der Waals surface area contributed by atoms with Crippen LogP contribution in [0.1, 0.15) is 268 Å². The fraction of sp³-hybridized carbons (Fsp3) is 0.979. The second-order valence-corrected chi connectivity index (χ2v) is 19.4. The van der Waals surface area contributed by atoms with E-state index in [1.807, 2.05) is 0 Å². The zero-order valence-corrected chi connectivity index (χ0v) is 37.5. The van der Waals surface area contributed by atoms with E-state index in [-0.39, 0.29) is 23.2 Å². The first-order valence-electron chi connectivity index (χ1n) is 23.4. The van der Waals surface area contributed by atoms with Crippen molar-refractivity contribution < 1.29 is 14.3 Å². The second kappa shape index (κ2) is 32.5. The summed E-state index contributed by atoms with van der Waals surface area (Å²) in [5, 5.41) is 3.35. The van der Waals surface area contributed by atoms with Gasteiger partial charge in [0.1, 0.15) is 5.60 Å². The summed E-state index contributed by atoms with van der Waals surface area (Å²) < 4.78 is 12.5. The number of nitrogens with one attached hydrogen (secondary N) is 1. The topological polar surface area (TPSA) is 47.6 Å². The number of alkyl carbamates (subject to hydrolysis) is 1. The quantitative estimate of drug-likeness (QED) is 0.0642. The van der Waals surface area contributed by atoms with Gasteiger partial charge in [0.2, 0.25) is 0 Å². The van der Waals surface area contributed by atoms with E-state index in [9.17, 15) is 4.79 Å². The molecule has 0 aliphatic heterocycles. The van der Waals surface area contributed by atoms with Gasteiger partial charge in [-0.25, -0.2) is 4.79 Å². The third-order valence-electron chi connectivity index (χ3n) is 11.0. The minimum Gasteiger partial charge on any atom is -0.444 e. The minimum absolute atomic E-state index is 0.0201. The van der Waals surface area contributed by atoms with E-state index in [4.69, 9.17) is 9.47 Å². The maximum atomic E-state index is 13.4. The van der Waals surface area contributed by atoms with E-state index in [1.54, 1.807) is 0 Å². The summed E-state index contributed by atoms with van der Waals surface area (Å²) in [7, 11) is 0. The van der Waals surface area contributed by atoms with Gasteiger partial charge in [-0.3, -0.25) is 0 Å². The average molecular weight is 736 g/mol. The Morgan fingerprint density at radius 1 is 0.481 bits per heavy atom. The molecule has 0 saturated heterocycles. The molecule has 0 saturated carbocycles. The molecule has 0 aromatic carbocycles. The molecule has 0 aliphatic carbocycles. The summed E-state index contributed by atoms with van der Waals surface area (Å²) >= 11 is 0. The molecule has 0 radical (unpaired) electrons. The van der Waals surface area contributed by atoms with Crippen molar-refractivity contribution in [3.8, 4) is 0 Å². The maximum Gasteiger partial charge on any atom is 0.407 e. The van der Waals surface area contributed by atoms with Crippen molar-refractivity contribution in [3.63, 3.8) is 0 Å². The molecule has 0 atom stereocenters. The van der Waals surface area contributed by atoms with E-state index in [1.165, 1.54) is 167 Å². The van der Waals surface area contributed by atoms with Gasteiger partial charge in [0.05, 0.1) is 5.60 Å². The molecule has 0 aromatic rings. The molecule has 312 valence electrons. The van der Waals surface area contributed by atoms with Crippen LogP contribution >= 0.6 is 0 Å². The third-order valence-corrected chi connectivity index (χ3v) is 11.0. The van der Waals surface area contributed by atoms with E-state index >= 15 is 0 Å². The van der Waals surface area contributed by atoms with Crippen LogP contribution in [0.25, 0.3) is 0 Å². The van der Waals surface area contributed by atoms with E-state index in [0.717, 1.165) is 38.7 Å². The Bertz CT molecular complexity index is 758. The van der Waals surface area contributed by atoms with Crippen LogP contribution in [0, 0.1) is 11.3 Å². The lowest BCUT2D eigenvalue weighted by atomic mass is 9.74. The van der Waals surface area contributed by atoms with Gasteiger partial charge in [0.25, 0.3) is 0 Å². The molecule has 0 unspecified atom stereocenters. The molecule has 0 spiro atoms. The Hall–Kier alpha value is -0.770. The molecule has 0 aromatic heterocycles. The third kappa shape index (κ3) is 35.0. The summed E-state index contributed by atoms with van der Waals surface area (Å²) in [6.07, 6.45) is 40.3. The molecule has 52 heavy (non-hydrogen) atoms. The average Bonchev–Trinajstić information content (AvgIpc) is 3.03. The highest BCUT2D eigenvalue weighted by Gasteiger charge is 2.36. The number of hydrogen-bond donors (Lipinski definition) is 1. The van der Waals surface area contributed by atoms with Crippen molar-refractivity contribution in [3.05, 3.63) is 0 Å². The van der Waals surface area contributed by atoms with Crippen molar-refractivity contribution in [2.45, 2.75) is 286 Å². The number of hydrogen-bond acceptors (Lipinski definition) is 3. The lowest BCUT2D eigenvalue weighted by molar-refractivity contribution is -0.0654. The molecule has 1 N–H and O–H groups in total. The van der Waals surface area contributed by atoms with Crippen molar-refractivity contribution in [1.82, 2.24) is 5.32 Å². The predicted octanol–water partition coefficient (Wildman–Crippen LogP) is 16.5. The van der Waals surface area contributed by atoms with Gasteiger partial charge in [-0.05, 0) is 71.1 Å². The molecular weight excluding hydrogens is 639 g/mol. The largest absolute Gasteiger partial charge is 0.444 e. The Labute approximate surface area is 328 Å². The number of amides is 1. The lowest BCUT2D eigenvalue weighted by Crippen LogP contribution is -2.43. The number of rotatable bonds is 38. The first kappa shape index (κ1) is 51.2. The Morgan fingerprint density at radius 2 is 0.808 bits per heavy atom. The number of carbonyl (C=O) groups is 1. The standard InChI is InChI=1S/C48H97NO3/c1-11-13-15-17-19-21-23-25-27-29-31-33-35-37-44(38-36-34-32-30-28-26-24-22-20-18-16-14-12-2)49-45(50)52-48(9,10)42-46(5,6)41-47(7,8)51-40-39-43(3)4/h43-44H,11-42H2,1-10H3,(H,49,50). The van der Waals surface area contributed by atoms with E-state index < -0.39 is 5.60 Å². The maximum absolute atomic E-state index is 13.4. The minimum atomic E-state index is -0.544. The Kier molecular flexibility index (Phi) is 32.0. The van der Waals surface area contributed by atoms with Crippen molar-refractivity contribution in [1.29, 1.82) is 0 Å². The van der Waals surface area contributed by atoms with Crippen LogP contribution in [0.3, 0.4) is 0 Å². The van der Waals surface area contributed by atoms with Crippen molar-refractivity contribution in [2.75, 3.05) is 6.61 Å². The van der Waals surface area contributed by atoms with Gasteiger partial charge < -0.3 is 14.8 Å². The number of ether oxygens (including phenoxy) is 2. The van der Waals surface area contributed by atoms with E-state index in [2.05, 4.69) is 74.6 Å². The van der Waals surface area contributed by atoms with E-state index in [0.29, 0.717) is 5.92 Å². The zero-order chi connectivity index (χ0) is 39.0. The van der Waals surface area contributed by atoms with Crippen LogP contribution in [0.15, 0.2) is 0 Å². The smallest absolute Gasteiger partial charge is 0.407 e. The van der Waals surface area contributed by atoms with Gasteiger partial charge in [-0.15, -0.1) is 0 Å². The molecule has 0 bridgehead atoms. The Balaban J connectivity index is 4.70. The molecule has 0 rings (SSSR count). The van der Waals surface area contributed by atoms with Crippen LogP contribution in [-0.4, -0.2) is 29.9 Å². The van der Waals surface area contributed by atoms with Crippen LogP contribution in [0.2, 0.25) is 0 Å². The summed E-state index contributed by atoms with van der Waals surface area (Å²) in [6.45, 7) is 23.0. The monoisotopic (exact) mass is 736 g/mol. The highest BCUT2D eigenvalue weighted by atomic mass is 16.6. The fourth-order valence-corrected chi connectivity index (χ4v) is 8.58. The van der Waals surface area contributed by atoms with Gasteiger partial charge in [0.15, 0.2) is 0 Å². The normalized spacial score (nSPS) is 12.7. The van der Waals surface area contributed by atoms with Crippen molar-refractivity contribution in [2.24, 2.45) is 11.3 Å². The first-order chi connectivity index (χ1) is 24.7. The Morgan fingerprint density at radius 3 is 1.15 bits per heavy atom. The summed E-state index contributed by atoms with van der Waals surface area (Å²) in [5.74, 6) is 0.646. The SMILES string of the molecule is CCCCCCCCCCCCCCCC(CCCCCCCCCCCCCCC)NC(=O)OC(C)(C)CC(C)(C)CC(C)(C)OCCC(C)C. The van der Waals surface area contributed by atoms with Crippen molar-refractivity contribution >= 4 is 6.09 Å². The lowest BCUT2D eigenvalue weighted by Gasteiger charge is -2.39. The van der Waals surface area contributed by atoms with Gasteiger partial charge in [0, 0.05) is 12.6 Å². The molecule has 0 fully saturated rings. The van der Waals surface area contributed by atoms with Gasteiger partial charge in [-0.2, -0.15) is 0 Å². The molecule has 4 heteroatoms. The molecule has 0 heterocycles.